The first-order valence-corrected chi connectivity index (χ1v) is 13.8. The SMILES string of the molecule is CC(C)(C)OC(=O)c1ccccc1C(C)(c1ccccc1C(=O)OC(C)(C)C)c1ccccc1C(=O)OC(C)(C)C. The van der Waals surface area contributed by atoms with Gasteiger partial charge in [-0.3, -0.25) is 0 Å². The van der Waals surface area contributed by atoms with E-state index >= 15 is 0 Å². The average molecular weight is 559 g/mol. The van der Waals surface area contributed by atoms with Crippen LogP contribution >= 0.6 is 0 Å². The summed E-state index contributed by atoms with van der Waals surface area (Å²) in [5.74, 6) is -1.53. The molecule has 0 spiro atoms. The normalized spacial score (nSPS) is 12.4. The van der Waals surface area contributed by atoms with E-state index in [0.717, 1.165) is 0 Å². The fourth-order valence-electron chi connectivity index (χ4n) is 4.73. The average Bonchev–Trinajstić information content (AvgIpc) is 2.85. The third-order valence-electron chi connectivity index (χ3n) is 6.25. The lowest BCUT2D eigenvalue weighted by Crippen LogP contribution is -2.35. The standard InChI is InChI=1S/C35H42O6/c1-32(2,3)39-29(36)23-17-11-14-20-26(23)35(10,27-21-15-12-18-24(27)30(37)40-33(4,5)6)28-22-16-13-19-25(28)31(38)41-34(7,8)9/h11-22H,1-10H3. The van der Waals surface area contributed by atoms with Gasteiger partial charge in [-0.1, -0.05) is 54.6 Å². The zero-order valence-corrected chi connectivity index (χ0v) is 25.9. The molecule has 0 amide bonds. The van der Waals surface area contributed by atoms with E-state index in [4.69, 9.17) is 14.2 Å². The van der Waals surface area contributed by atoms with Gasteiger partial charge in [-0.05, 0) is 104 Å². The summed E-state index contributed by atoms with van der Waals surface area (Å²) >= 11 is 0. The van der Waals surface area contributed by atoms with Gasteiger partial charge in [0.1, 0.15) is 16.8 Å². The first kappa shape index (κ1) is 31.6. The van der Waals surface area contributed by atoms with Crippen molar-refractivity contribution in [3.63, 3.8) is 0 Å². The second-order valence-corrected chi connectivity index (χ2v) is 13.3. The van der Waals surface area contributed by atoms with Crippen LogP contribution in [0, 0.1) is 0 Å². The van der Waals surface area contributed by atoms with Gasteiger partial charge >= 0.3 is 17.9 Å². The fourth-order valence-corrected chi connectivity index (χ4v) is 4.73. The maximum Gasteiger partial charge on any atom is 0.338 e. The molecule has 3 aromatic rings. The third-order valence-corrected chi connectivity index (χ3v) is 6.25. The lowest BCUT2D eigenvalue weighted by atomic mass is 9.67. The van der Waals surface area contributed by atoms with Gasteiger partial charge < -0.3 is 14.2 Å². The topological polar surface area (TPSA) is 78.9 Å². The predicted molar refractivity (Wildman–Crippen MR) is 160 cm³/mol. The molecule has 41 heavy (non-hydrogen) atoms. The summed E-state index contributed by atoms with van der Waals surface area (Å²) in [5, 5.41) is 0. The fraction of sp³-hybridized carbons (Fsp3) is 0.400. The van der Waals surface area contributed by atoms with E-state index in [-0.39, 0.29) is 0 Å². The molecular weight excluding hydrogens is 516 g/mol. The minimum atomic E-state index is -1.19. The van der Waals surface area contributed by atoms with Gasteiger partial charge in [0.05, 0.1) is 16.7 Å². The molecule has 0 heterocycles. The number of carbonyl (C=O) groups excluding carboxylic acids is 3. The number of esters is 3. The van der Waals surface area contributed by atoms with Crippen LogP contribution in [0.15, 0.2) is 72.8 Å². The molecule has 3 rings (SSSR count). The highest BCUT2D eigenvalue weighted by Crippen LogP contribution is 2.44. The van der Waals surface area contributed by atoms with Crippen molar-refractivity contribution in [3.8, 4) is 0 Å². The van der Waals surface area contributed by atoms with Crippen LogP contribution in [0.5, 0.6) is 0 Å². The highest BCUT2D eigenvalue weighted by atomic mass is 16.6. The summed E-state index contributed by atoms with van der Waals surface area (Å²) in [7, 11) is 0. The molecule has 0 fully saturated rings. The molecule has 0 saturated carbocycles. The van der Waals surface area contributed by atoms with Gasteiger partial charge in [-0.25, -0.2) is 14.4 Å². The molecule has 0 saturated heterocycles. The minimum Gasteiger partial charge on any atom is -0.456 e. The molecule has 0 bridgehead atoms. The van der Waals surface area contributed by atoms with E-state index < -0.39 is 40.1 Å². The number of carbonyl (C=O) groups is 3. The highest BCUT2D eigenvalue weighted by molar-refractivity contribution is 5.97. The molecular formula is C35H42O6. The van der Waals surface area contributed by atoms with E-state index in [0.29, 0.717) is 33.4 Å². The van der Waals surface area contributed by atoms with Crippen LogP contribution in [0.1, 0.15) is 117 Å². The van der Waals surface area contributed by atoms with Crippen LogP contribution < -0.4 is 0 Å². The second kappa shape index (κ2) is 11.5. The molecule has 3 aromatic carbocycles. The lowest BCUT2D eigenvalue weighted by Gasteiger charge is -2.36. The first-order chi connectivity index (χ1) is 18.8. The summed E-state index contributed by atoms with van der Waals surface area (Å²) in [4.78, 5) is 40.8. The van der Waals surface area contributed by atoms with Crippen molar-refractivity contribution in [2.24, 2.45) is 0 Å². The van der Waals surface area contributed by atoms with Crippen molar-refractivity contribution in [2.75, 3.05) is 0 Å². The molecule has 0 aliphatic heterocycles. The molecule has 6 nitrogen and oxygen atoms in total. The van der Waals surface area contributed by atoms with Crippen LogP contribution in [0.4, 0.5) is 0 Å². The molecule has 0 aromatic heterocycles. The Kier molecular flexibility index (Phi) is 8.87. The third kappa shape index (κ3) is 7.63. The quantitative estimate of drug-likeness (QED) is 0.174. The van der Waals surface area contributed by atoms with Crippen LogP contribution in [-0.2, 0) is 19.6 Å². The maximum absolute atomic E-state index is 13.6. The van der Waals surface area contributed by atoms with Crippen LogP contribution in [0.3, 0.4) is 0 Å². The largest absolute Gasteiger partial charge is 0.456 e. The maximum atomic E-state index is 13.6. The van der Waals surface area contributed by atoms with Crippen molar-refractivity contribution >= 4 is 17.9 Å². The molecule has 0 atom stereocenters. The summed E-state index contributed by atoms with van der Waals surface area (Å²) in [6.45, 7) is 18.2. The lowest BCUT2D eigenvalue weighted by molar-refractivity contribution is 0.00575. The first-order valence-electron chi connectivity index (χ1n) is 13.8. The summed E-state index contributed by atoms with van der Waals surface area (Å²) in [6.07, 6.45) is 0. The van der Waals surface area contributed by atoms with E-state index in [1.807, 2.05) is 106 Å². The molecule has 218 valence electrons. The molecule has 0 radical (unpaired) electrons. The van der Waals surface area contributed by atoms with Crippen molar-refractivity contribution in [1.29, 1.82) is 0 Å². The van der Waals surface area contributed by atoms with Crippen LogP contribution in [0.25, 0.3) is 0 Å². The van der Waals surface area contributed by atoms with Gasteiger partial charge in [0, 0.05) is 5.41 Å². The molecule has 0 aliphatic carbocycles. The molecule has 0 aliphatic rings. The predicted octanol–water partition coefficient (Wildman–Crippen LogP) is 7.91. The number of benzene rings is 3. The van der Waals surface area contributed by atoms with Gasteiger partial charge in [0.25, 0.3) is 0 Å². The molecule has 6 heteroatoms. The summed E-state index contributed by atoms with van der Waals surface area (Å²) in [5.41, 5.74) is -0.706. The summed E-state index contributed by atoms with van der Waals surface area (Å²) in [6, 6.07) is 21.4. The smallest absolute Gasteiger partial charge is 0.338 e. The van der Waals surface area contributed by atoms with Crippen molar-refractivity contribution in [3.05, 3.63) is 106 Å². The zero-order valence-electron chi connectivity index (χ0n) is 25.9. The van der Waals surface area contributed by atoms with Crippen molar-refractivity contribution < 1.29 is 28.6 Å². The highest BCUT2D eigenvalue weighted by Gasteiger charge is 2.41. The van der Waals surface area contributed by atoms with Gasteiger partial charge in [0.2, 0.25) is 0 Å². The van der Waals surface area contributed by atoms with Gasteiger partial charge in [0.15, 0.2) is 0 Å². The Morgan fingerprint density at radius 3 is 0.854 bits per heavy atom. The number of hydrogen-bond acceptors (Lipinski definition) is 6. The number of hydrogen-bond donors (Lipinski definition) is 0. The number of ether oxygens (including phenoxy) is 3. The Bertz CT molecular complexity index is 1260. The molecule has 0 unspecified atom stereocenters. The Hall–Kier alpha value is -3.93. The van der Waals surface area contributed by atoms with E-state index in [1.54, 1.807) is 36.4 Å². The van der Waals surface area contributed by atoms with Crippen LogP contribution in [0.2, 0.25) is 0 Å². The Morgan fingerprint density at radius 1 is 0.415 bits per heavy atom. The Morgan fingerprint density at radius 2 is 0.634 bits per heavy atom. The van der Waals surface area contributed by atoms with E-state index in [2.05, 4.69) is 0 Å². The zero-order chi connectivity index (χ0) is 30.8. The van der Waals surface area contributed by atoms with E-state index in [9.17, 15) is 14.4 Å². The van der Waals surface area contributed by atoms with Gasteiger partial charge in [-0.2, -0.15) is 0 Å². The van der Waals surface area contributed by atoms with Crippen molar-refractivity contribution in [2.45, 2.75) is 91.5 Å². The monoisotopic (exact) mass is 558 g/mol. The Balaban J connectivity index is 2.43. The Labute approximate surface area is 244 Å². The second-order valence-electron chi connectivity index (χ2n) is 13.3. The van der Waals surface area contributed by atoms with E-state index in [1.165, 1.54) is 0 Å². The van der Waals surface area contributed by atoms with Crippen LogP contribution in [-0.4, -0.2) is 34.7 Å². The van der Waals surface area contributed by atoms with Crippen molar-refractivity contribution in [1.82, 2.24) is 0 Å². The minimum absolute atomic E-state index is 0.322. The molecule has 0 N–H and O–H groups in total. The summed E-state index contributed by atoms with van der Waals surface area (Å²) < 4.78 is 17.4. The van der Waals surface area contributed by atoms with Gasteiger partial charge in [-0.15, -0.1) is 0 Å². The number of rotatable bonds is 6.